The smallest absolute Gasteiger partial charge is 0.261 e. The third kappa shape index (κ3) is 4.78. The number of ether oxygens (including phenoxy) is 1. The van der Waals surface area contributed by atoms with Crippen LogP contribution >= 0.6 is 0 Å². The fourth-order valence-electron chi connectivity index (χ4n) is 1.61. The molecule has 1 N–H and O–H groups in total. The number of rotatable bonds is 5. The Morgan fingerprint density at radius 2 is 1.95 bits per heavy atom. The van der Waals surface area contributed by atoms with Crippen LogP contribution in [0.1, 0.15) is 33.3 Å². The molecule has 0 aliphatic heterocycles. The van der Waals surface area contributed by atoms with Crippen molar-refractivity contribution in [2.45, 2.75) is 39.2 Å². The van der Waals surface area contributed by atoms with Crippen LogP contribution in [0.15, 0.2) is 36.9 Å². The first-order valence-corrected chi connectivity index (χ1v) is 6.50. The van der Waals surface area contributed by atoms with Crippen LogP contribution < -0.4 is 10.1 Å². The van der Waals surface area contributed by atoms with Gasteiger partial charge in [-0.15, -0.1) is 6.58 Å². The van der Waals surface area contributed by atoms with Crippen LogP contribution in [0.25, 0.3) is 0 Å². The fraction of sp³-hybridized carbons (Fsp3) is 0.438. The Labute approximate surface area is 115 Å². The molecule has 1 amide bonds. The molecule has 1 aromatic rings. The third-order valence-electron chi connectivity index (χ3n) is 2.82. The summed E-state index contributed by atoms with van der Waals surface area (Å²) in [6, 6.07) is 7.86. The summed E-state index contributed by atoms with van der Waals surface area (Å²) in [5.41, 5.74) is 1.36. The van der Waals surface area contributed by atoms with E-state index < -0.39 is 6.10 Å². The molecule has 0 aliphatic rings. The zero-order valence-electron chi connectivity index (χ0n) is 12.2. The Balaban J connectivity index is 2.62. The minimum Gasteiger partial charge on any atom is -0.481 e. The van der Waals surface area contributed by atoms with Gasteiger partial charge in [-0.05, 0) is 30.0 Å². The molecule has 3 heteroatoms. The molecule has 0 saturated heterocycles. The van der Waals surface area contributed by atoms with Crippen molar-refractivity contribution < 1.29 is 9.53 Å². The van der Waals surface area contributed by atoms with Gasteiger partial charge in [0.15, 0.2) is 6.10 Å². The fourth-order valence-corrected chi connectivity index (χ4v) is 1.61. The molecule has 0 aromatic heterocycles. The Bertz CT molecular complexity index is 429. The van der Waals surface area contributed by atoms with Crippen molar-refractivity contribution in [1.29, 1.82) is 0 Å². The van der Waals surface area contributed by atoms with E-state index in [2.05, 4.69) is 32.7 Å². The van der Waals surface area contributed by atoms with E-state index in [1.807, 2.05) is 24.3 Å². The first-order chi connectivity index (χ1) is 8.84. The maximum absolute atomic E-state index is 11.6. The number of hydrogen-bond donors (Lipinski definition) is 1. The van der Waals surface area contributed by atoms with E-state index in [-0.39, 0.29) is 11.3 Å². The van der Waals surface area contributed by atoms with Gasteiger partial charge >= 0.3 is 0 Å². The van der Waals surface area contributed by atoms with Crippen molar-refractivity contribution in [3.05, 3.63) is 42.5 Å². The van der Waals surface area contributed by atoms with Gasteiger partial charge in [0.25, 0.3) is 5.91 Å². The summed E-state index contributed by atoms with van der Waals surface area (Å²) in [5, 5.41) is 2.71. The van der Waals surface area contributed by atoms with E-state index in [9.17, 15) is 4.79 Å². The number of amides is 1. The number of carbonyl (C=O) groups excluding carboxylic acids is 1. The van der Waals surface area contributed by atoms with E-state index in [1.165, 1.54) is 5.56 Å². The largest absolute Gasteiger partial charge is 0.481 e. The summed E-state index contributed by atoms with van der Waals surface area (Å²) in [6.07, 6.45) is 1.13. The predicted octanol–water partition coefficient (Wildman–Crippen LogP) is 3.05. The lowest BCUT2D eigenvalue weighted by atomic mass is 9.87. The van der Waals surface area contributed by atoms with Crippen LogP contribution in [0.5, 0.6) is 5.75 Å². The molecule has 0 aliphatic carbocycles. The molecular formula is C16H23NO2. The van der Waals surface area contributed by atoms with Crippen molar-refractivity contribution >= 4 is 5.91 Å². The lowest BCUT2D eigenvalue weighted by molar-refractivity contribution is -0.127. The average molecular weight is 261 g/mol. The van der Waals surface area contributed by atoms with Crippen LogP contribution in [0, 0.1) is 0 Å². The number of carbonyl (C=O) groups is 1. The zero-order chi connectivity index (χ0) is 14.5. The molecule has 3 nitrogen and oxygen atoms in total. The first-order valence-electron chi connectivity index (χ1n) is 6.50. The van der Waals surface area contributed by atoms with Gasteiger partial charge in [-0.1, -0.05) is 39.0 Å². The SMILES string of the molecule is C=CCNC(=O)[C@@H](C)Oc1ccc(C(C)(C)C)cc1. The number of benzene rings is 1. The monoisotopic (exact) mass is 261 g/mol. The van der Waals surface area contributed by atoms with Gasteiger partial charge in [0.1, 0.15) is 5.75 Å². The molecule has 1 aromatic carbocycles. The minimum atomic E-state index is -0.513. The summed E-state index contributed by atoms with van der Waals surface area (Å²) >= 11 is 0. The van der Waals surface area contributed by atoms with Gasteiger partial charge in [0.2, 0.25) is 0 Å². The highest BCUT2D eigenvalue weighted by Gasteiger charge is 2.15. The van der Waals surface area contributed by atoms with Gasteiger partial charge in [0, 0.05) is 6.54 Å². The molecule has 1 rings (SSSR count). The molecule has 19 heavy (non-hydrogen) atoms. The Morgan fingerprint density at radius 3 is 2.42 bits per heavy atom. The highest BCUT2D eigenvalue weighted by atomic mass is 16.5. The van der Waals surface area contributed by atoms with Gasteiger partial charge in [-0.3, -0.25) is 4.79 Å². The molecule has 0 radical (unpaired) electrons. The predicted molar refractivity (Wildman–Crippen MR) is 78.4 cm³/mol. The van der Waals surface area contributed by atoms with Crippen molar-refractivity contribution in [2.75, 3.05) is 6.54 Å². The van der Waals surface area contributed by atoms with Crippen molar-refractivity contribution in [1.82, 2.24) is 5.32 Å². The topological polar surface area (TPSA) is 38.3 Å². The van der Waals surface area contributed by atoms with E-state index in [1.54, 1.807) is 13.0 Å². The summed E-state index contributed by atoms with van der Waals surface area (Å²) < 4.78 is 5.59. The molecule has 0 saturated carbocycles. The Kier molecular flexibility index (Phi) is 5.16. The second-order valence-corrected chi connectivity index (χ2v) is 5.57. The molecule has 0 spiro atoms. The molecule has 0 unspecified atom stereocenters. The van der Waals surface area contributed by atoms with Gasteiger partial charge in [-0.25, -0.2) is 0 Å². The minimum absolute atomic E-state index is 0.117. The number of hydrogen-bond acceptors (Lipinski definition) is 2. The van der Waals surface area contributed by atoms with E-state index in [0.29, 0.717) is 12.3 Å². The quantitative estimate of drug-likeness (QED) is 0.827. The zero-order valence-corrected chi connectivity index (χ0v) is 12.2. The van der Waals surface area contributed by atoms with Crippen molar-refractivity contribution in [3.63, 3.8) is 0 Å². The van der Waals surface area contributed by atoms with E-state index in [4.69, 9.17) is 4.74 Å². The second kappa shape index (κ2) is 6.41. The highest BCUT2D eigenvalue weighted by molar-refractivity contribution is 5.80. The molecule has 104 valence electrons. The van der Waals surface area contributed by atoms with Gasteiger partial charge < -0.3 is 10.1 Å². The van der Waals surface area contributed by atoms with Crippen LogP contribution in [0.4, 0.5) is 0 Å². The summed E-state index contributed by atoms with van der Waals surface area (Å²) in [5.74, 6) is 0.564. The van der Waals surface area contributed by atoms with Crippen LogP contribution in [-0.2, 0) is 10.2 Å². The van der Waals surface area contributed by atoms with Crippen LogP contribution in [-0.4, -0.2) is 18.6 Å². The van der Waals surface area contributed by atoms with Gasteiger partial charge in [0.05, 0.1) is 0 Å². The average Bonchev–Trinajstić information content (AvgIpc) is 2.35. The first kappa shape index (κ1) is 15.3. The van der Waals surface area contributed by atoms with Crippen LogP contribution in [0.3, 0.4) is 0 Å². The normalized spacial score (nSPS) is 12.6. The van der Waals surface area contributed by atoms with Gasteiger partial charge in [-0.2, -0.15) is 0 Å². The molecular weight excluding hydrogens is 238 g/mol. The highest BCUT2D eigenvalue weighted by Crippen LogP contribution is 2.24. The Morgan fingerprint density at radius 1 is 1.37 bits per heavy atom. The van der Waals surface area contributed by atoms with E-state index in [0.717, 1.165) is 0 Å². The molecule has 1 atom stereocenters. The third-order valence-corrected chi connectivity index (χ3v) is 2.82. The molecule has 0 heterocycles. The Hall–Kier alpha value is -1.77. The standard InChI is InChI=1S/C16H23NO2/c1-6-11-17-15(18)12(2)19-14-9-7-13(8-10-14)16(3,4)5/h6-10,12H,1,11H2,2-5H3,(H,17,18)/t12-/m1/s1. The van der Waals surface area contributed by atoms with E-state index >= 15 is 0 Å². The second-order valence-electron chi connectivity index (χ2n) is 5.57. The molecule has 0 fully saturated rings. The lowest BCUT2D eigenvalue weighted by Gasteiger charge is -2.20. The summed E-state index contributed by atoms with van der Waals surface area (Å²) in [7, 11) is 0. The maximum Gasteiger partial charge on any atom is 0.261 e. The molecule has 0 bridgehead atoms. The summed E-state index contributed by atoms with van der Waals surface area (Å²) in [6.45, 7) is 12.2. The van der Waals surface area contributed by atoms with Crippen molar-refractivity contribution in [3.8, 4) is 5.75 Å². The maximum atomic E-state index is 11.6. The van der Waals surface area contributed by atoms with Crippen molar-refractivity contribution in [2.24, 2.45) is 0 Å². The lowest BCUT2D eigenvalue weighted by Crippen LogP contribution is -2.36. The van der Waals surface area contributed by atoms with Crippen LogP contribution in [0.2, 0.25) is 0 Å². The summed E-state index contributed by atoms with van der Waals surface area (Å²) in [4.78, 5) is 11.6. The number of nitrogens with one attached hydrogen (secondary N) is 1.